The Kier molecular flexibility index (Phi) is 21.7. The molecule has 8 nitrogen and oxygen atoms in total. The highest BCUT2D eigenvalue weighted by Gasteiger charge is 2.02. The quantitative estimate of drug-likeness (QED) is 0.247. The van der Waals surface area contributed by atoms with Crippen LogP contribution in [0.3, 0.4) is 0 Å². The number of carboxylic acids is 1. The van der Waals surface area contributed by atoms with E-state index >= 15 is 0 Å². The maximum atomic E-state index is 10.5. The predicted molar refractivity (Wildman–Crippen MR) is 97.2 cm³/mol. The Morgan fingerprint density at radius 1 is 0.846 bits per heavy atom. The molecule has 152 valence electrons. The first-order valence-corrected chi connectivity index (χ1v) is 8.50. The van der Waals surface area contributed by atoms with Crippen LogP contribution in [0.2, 0.25) is 0 Å². The minimum Gasteiger partial charge on any atom is -0.478 e. The van der Waals surface area contributed by atoms with Gasteiger partial charge in [0, 0.05) is 31.3 Å². The van der Waals surface area contributed by atoms with Crippen LogP contribution in [-0.2, 0) is 33.3 Å². The summed E-state index contributed by atoms with van der Waals surface area (Å²) < 4.78 is 24.9. The van der Waals surface area contributed by atoms with Gasteiger partial charge in [0.1, 0.15) is 6.61 Å². The summed E-state index contributed by atoms with van der Waals surface area (Å²) in [5.41, 5.74) is 0.177. The van der Waals surface area contributed by atoms with Crippen molar-refractivity contribution >= 4 is 11.9 Å². The van der Waals surface area contributed by atoms with Gasteiger partial charge in [-0.25, -0.2) is 9.59 Å². The lowest BCUT2D eigenvalue weighted by Crippen LogP contribution is -2.11. The second-order valence-corrected chi connectivity index (χ2v) is 4.65. The Morgan fingerprint density at radius 2 is 1.31 bits per heavy atom. The molecule has 0 saturated carbocycles. The predicted octanol–water partition coefficient (Wildman–Crippen LogP) is 1.84. The smallest absolute Gasteiger partial charge is 0.331 e. The van der Waals surface area contributed by atoms with E-state index in [9.17, 15) is 9.59 Å². The van der Waals surface area contributed by atoms with Crippen LogP contribution in [0.1, 0.15) is 20.3 Å². The fraction of sp³-hybridized carbons (Fsp3) is 0.667. The van der Waals surface area contributed by atoms with Crippen molar-refractivity contribution in [3.8, 4) is 0 Å². The second kappa shape index (κ2) is 21.3. The molecule has 0 aromatic heterocycles. The second-order valence-electron chi connectivity index (χ2n) is 4.65. The molecule has 0 atom stereocenters. The number of hydrogen-bond donors (Lipinski definition) is 1. The molecule has 26 heavy (non-hydrogen) atoms. The lowest BCUT2D eigenvalue weighted by Gasteiger charge is -2.04. The molecule has 0 bridgehead atoms. The van der Waals surface area contributed by atoms with E-state index in [0.717, 1.165) is 6.08 Å². The van der Waals surface area contributed by atoms with Crippen LogP contribution < -0.4 is 0 Å². The average Bonchev–Trinajstić information content (AvgIpc) is 2.63. The van der Waals surface area contributed by atoms with E-state index in [4.69, 9.17) is 24.1 Å². The first-order chi connectivity index (χ1) is 12.5. The van der Waals surface area contributed by atoms with Crippen LogP contribution in [0.25, 0.3) is 0 Å². The normalized spacial score (nSPS) is 9.77. The van der Waals surface area contributed by atoms with E-state index in [1.54, 1.807) is 0 Å². The maximum Gasteiger partial charge on any atom is 0.331 e. The third kappa shape index (κ3) is 22.3. The van der Waals surface area contributed by atoms with Gasteiger partial charge < -0.3 is 28.8 Å². The molecule has 0 fully saturated rings. The molecule has 1 N–H and O–H groups in total. The van der Waals surface area contributed by atoms with Gasteiger partial charge in [-0.2, -0.15) is 0 Å². The maximum absolute atomic E-state index is 10.5. The number of aliphatic carboxylic acids is 1. The molecule has 0 heterocycles. The Bertz CT molecular complexity index is 379. The zero-order valence-corrected chi connectivity index (χ0v) is 15.9. The van der Waals surface area contributed by atoms with Gasteiger partial charge in [0.15, 0.2) is 0 Å². The van der Waals surface area contributed by atoms with E-state index in [1.807, 2.05) is 13.8 Å². The van der Waals surface area contributed by atoms with Crippen LogP contribution in [0.5, 0.6) is 0 Å². The molecule has 0 aliphatic carbocycles. The van der Waals surface area contributed by atoms with E-state index in [0.29, 0.717) is 59.3 Å². The molecule has 0 unspecified atom stereocenters. The van der Waals surface area contributed by atoms with Crippen molar-refractivity contribution in [2.75, 3.05) is 59.5 Å². The van der Waals surface area contributed by atoms with Crippen molar-refractivity contribution in [2.24, 2.45) is 0 Å². The van der Waals surface area contributed by atoms with Gasteiger partial charge in [0.25, 0.3) is 0 Å². The molecular formula is C18H32O8. The third-order valence-electron chi connectivity index (χ3n) is 2.64. The van der Waals surface area contributed by atoms with Gasteiger partial charge in [0.2, 0.25) is 0 Å². The number of carbonyl (C=O) groups excluding carboxylic acids is 1. The zero-order valence-electron chi connectivity index (χ0n) is 15.9. The van der Waals surface area contributed by atoms with Gasteiger partial charge >= 0.3 is 11.9 Å². The molecule has 0 aromatic rings. The number of ether oxygens (including phenoxy) is 5. The standard InChI is InChI=1S/2C9H16O4/c1-3-12-6-7-13-5-4-8(2)9(10)11;1-3-9(10)13-8-7-12-6-5-11-4-2/h2-7H2,1H3,(H,10,11);3H,1,4-8H2,2H3. The molecule has 0 radical (unpaired) electrons. The zero-order chi connectivity index (χ0) is 20.0. The van der Waals surface area contributed by atoms with Crippen molar-refractivity contribution in [3.05, 3.63) is 24.8 Å². The summed E-state index contributed by atoms with van der Waals surface area (Å²) in [6.07, 6.45) is 1.49. The Hall–Kier alpha value is -1.74. The molecular weight excluding hydrogens is 344 g/mol. The average molecular weight is 376 g/mol. The molecule has 0 amide bonds. The van der Waals surface area contributed by atoms with Crippen molar-refractivity contribution < 1.29 is 38.4 Å². The lowest BCUT2D eigenvalue weighted by molar-refractivity contribution is -0.139. The Balaban J connectivity index is 0. The van der Waals surface area contributed by atoms with Crippen LogP contribution in [-0.4, -0.2) is 76.5 Å². The lowest BCUT2D eigenvalue weighted by atomic mass is 10.2. The Morgan fingerprint density at radius 3 is 1.77 bits per heavy atom. The molecule has 0 aliphatic heterocycles. The SMILES string of the molecule is C=C(CCOCCOCC)C(=O)O.C=CC(=O)OCCOCCOCC. The highest BCUT2D eigenvalue weighted by molar-refractivity contribution is 5.85. The van der Waals surface area contributed by atoms with E-state index in [2.05, 4.69) is 17.9 Å². The van der Waals surface area contributed by atoms with E-state index < -0.39 is 11.9 Å². The number of carbonyl (C=O) groups is 2. The first-order valence-electron chi connectivity index (χ1n) is 8.50. The van der Waals surface area contributed by atoms with Crippen molar-refractivity contribution in [1.82, 2.24) is 0 Å². The molecule has 0 aliphatic rings. The highest BCUT2D eigenvalue weighted by atomic mass is 16.6. The summed E-state index contributed by atoms with van der Waals surface area (Å²) in [5, 5.41) is 8.44. The summed E-state index contributed by atoms with van der Waals surface area (Å²) in [7, 11) is 0. The fourth-order valence-corrected chi connectivity index (χ4v) is 1.29. The van der Waals surface area contributed by atoms with Crippen LogP contribution in [0, 0.1) is 0 Å². The van der Waals surface area contributed by atoms with E-state index in [1.165, 1.54) is 0 Å². The van der Waals surface area contributed by atoms with Gasteiger partial charge in [-0.3, -0.25) is 0 Å². The van der Waals surface area contributed by atoms with Gasteiger partial charge in [-0.1, -0.05) is 13.2 Å². The van der Waals surface area contributed by atoms with Crippen molar-refractivity contribution in [2.45, 2.75) is 20.3 Å². The fourth-order valence-electron chi connectivity index (χ4n) is 1.29. The van der Waals surface area contributed by atoms with Crippen molar-refractivity contribution in [3.63, 3.8) is 0 Å². The third-order valence-corrected chi connectivity index (χ3v) is 2.64. The summed E-state index contributed by atoms with van der Waals surface area (Å²) in [6, 6.07) is 0. The summed E-state index contributed by atoms with van der Waals surface area (Å²) in [5.74, 6) is -1.39. The topological polar surface area (TPSA) is 101 Å². The van der Waals surface area contributed by atoms with E-state index in [-0.39, 0.29) is 12.2 Å². The molecule has 0 rings (SSSR count). The summed E-state index contributed by atoms with van der Waals surface area (Å²) >= 11 is 0. The van der Waals surface area contributed by atoms with Crippen LogP contribution in [0.15, 0.2) is 24.8 Å². The number of hydrogen-bond acceptors (Lipinski definition) is 7. The van der Waals surface area contributed by atoms with Gasteiger partial charge in [0.05, 0.1) is 39.6 Å². The molecule has 8 heteroatoms. The van der Waals surface area contributed by atoms with Crippen LogP contribution >= 0.6 is 0 Å². The number of esters is 1. The van der Waals surface area contributed by atoms with Gasteiger partial charge in [-0.05, 0) is 13.8 Å². The highest BCUT2D eigenvalue weighted by Crippen LogP contribution is 1.97. The van der Waals surface area contributed by atoms with Gasteiger partial charge in [-0.15, -0.1) is 0 Å². The summed E-state index contributed by atoms with van der Waals surface area (Å²) in [6.45, 7) is 15.0. The van der Waals surface area contributed by atoms with Crippen molar-refractivity contribution in [1.29, 1.82) is 0 Å². The molecule has 0 aromatic carbocycles. The first kappa shape index (κ1) is 26.5. The number of rotatable bonds is 16. The Labute approximate surface area is 155 Å². The molecule has 0 saturated heterocycles. The monoisotopic (exact) mass is 376 g/mol. The summed E-state index contributed by atoms with van der Waals surface area (Å²) in [4.78, 5) is 20.8. The van der Waals surface area contributed by atoms with Crippen LogP contribution in [0.4, 0.5) is 0 Å². The largest absolute Gasteiger partial charge is 0.478 e. The number of carboxylic acid groups (broad SMARTS) is 1. The molecule has 0 spiro atoms. The minimum atomic E-state index is -0.964. The minimum absolute atomic E-state index is 0.177.